The van der Waals surface area contributed by atoms with E-state index in [2.05, 4.69) is 22.3 Å². The molecule has 0 unspecified atom stereocenters. The predicted octanol–water partition coefficient (Wildman–Crippen LogP) is 4.87. The van der Waals surface area contributed by atoms with Gasteiger partial charge in [-0.15, -0.1) is 0 Å². The third-order valence-electron chi connectivity index (χ3n) is 4.45. The Bertz CT molecular complexity index is 1080. The number of nitrogens with zero attached hydrogens (tertiary/aromatic N) is 2. The summed E-state index contributed by atoms with van der Waals surface area (Å²) in [4.78, 5) is 24.5. The summed E-state index contributed by atoms with van der Waals surface area (Å²) in [6.45, 7) is 3.20. The summed E-state index contributed by atoms with van der Waals surface area (Å²) in [7, 11) is 1.02. The Morgan fingerprint density at radius 1 is 1.28 bits per heavy atom. The number of carbonyl (C=O) groups is 2. The average Bonchev–Trinajstić information content (AvgIpc) is 3.45. The van der Waals surface area contributed by atoms with Crippen molar-refractivity contribution in [3.63, 3.8) is 0 Å². The van der Waals surface area contributed by atoms with E-state index in [9.17, 15) is 31.5 Å². The fraction of sp³-hybridized carbons (Fsp3) is 0.316. The van der Waals surface area contributed by atoms with Crippen LogP contribution in [0.15, 0.2) is 24.8 Å². The molecule has 172 valence electrons. The zero-order valence-electron chi connectivity index (χ0n) is 16.4. The van der Waals surface area contributed by atoms with E-state index < -0.39 is 41.2 Å². The van der Waals surface area contributed by atoms with Gasteiger partial charge in [0.15, 0.2) is 5.69 Å². The molecule has 0 radical (unpaired) electrons. The number of aromatic nitrogens is 2. The standard InChI is InChI=1S/C19H16ClF5N4O3/c1-3-11-14(18(21,22)19(23,24)25)28-29(2)16(11)32-17(31)27-10-6-7-13(20)12(8-10)15(30)26-9-4-5-9/h3,6-9H,1,4-5H2,2H3,(H,26,30)(H,27,31). The summed E-state index contributed by atoms with van der Waals surface area (Å²) >= 11 is 6.01. The first-order chi connectivity index (χ1) is 14.8. The zero-order chi connectivity index (χ0) is 23.8. The quantitative estimate of drug-likeness (QED) is 0.580. The molecule has 7 nitrogen and oxygen atoms in total. The highest BCUT2D eigenvalue weighted by atomic mass is 35.5. The molecule has 0 saturated heterocycles. The van der Waals surface area contributed by atoms with E-state index in [1.807, 2.05) is 0 Å². The first-order valence-corrected chi connectivity index (χ1v) is 9.46. The third kappa shape index (κ3) is 4.69. The Morgan fingerprint density at radius 2 is 1.94 bits per heavy atom. The average molecular weight is 479 g/mol. The lowest BCUT2D eigenvalue weighted by Crippen LogP contribution is -2.34. The fourth-order valence-electron chi connectivity index (χ4n) is 2.70. The van der Waals surface area contributed by atoms with Crippen LogP contribution in [0, 0.1) is 0 Å². The summed E-state index contributed by atoms with van der Waals surface area (Å²) in [6.07, 6.45) is -4.78. The molecule has 1 aliphatic carbocycles. The molecule has 32 heavy (non-hydrogen) atoms. The highest BCUT2D eigenvalue weighted by Crippen LogP contribution is 2.46. The summed E-state index contributed by atoms with van der Waals surface area (Å²) in [6, 6.07) is 4.02. The van der Waals surface area contributed by atoms with Crippen molar-refractivity contribution in [2.24, 2.45) is 7.05 Å². The lowest BCUT2D eigenvalue weighted by Gasteiger charge is -2.18. The molecule has 0 aliphatic heterocycles. The second kappa shape index (κ2) is 8.41. The Morgan fingerprint density at radius 3 is 2.50 bits per heavy atom. The highest BCUT2D eigenvalue weighted by Gasteiger charge is 2.61. The summed E-state index contributed by atoms with van der Waals surface area (Å²) in [5.74, 6) is -6.43. The van der Waals surface area contributed by atoms with Gasteiger partial charge >= 0.3 is 18.2 Å². The molecule has 0 atom stereocenters. The van der Waals surface area contributed by atoms with Gasteiger partial charge in [0.2, 0.25) is 5.88 Å². The fourth-order valence-corrected chi connectivity index (χ4v) is 2.90. The molecule has 0 spiro atoms. The van der Waals surface area contributed by atoms with Crippen molar-refractivity contribution in [1.29, 1.82) is 0 Å². The number of halogens is 6. The van der Waals surface area contributed by atoms with Gasteiger partial charge in [-0.05, 0) is 31.0 Å². The van der Waals surface area contributed by atoms with Crippen molar-refractivity contribution in [2.75, 3.05) is 5.32 Å². The molecule has 1 fully saturated rings. The maximum absolute atomic E-state index is 13.8. The molecule has 1 aromatic heterocycles. The van der Waals surface area contributed by atoms with Crippen LogP contribution in [0.25, 0.3) is 6.08 Å². The number of anilines is 1. The first-order valence-electron chi connectivity index (χ1n) is 9.08. The Balaban J connectivity index is 1.81. The van der Waals surface area contributed by atoms with Crippen molar-refractivity contribution in [2.45, 2.75) is 31.0 Å². The Labute approximate surface area is 183 Å². The maximum atomic E-state index is 13.8. The van der Waals surface area contributed by atoms with Gasteiger partial charge in [0.05, 0.1) is 16.1 Å². The van der Waals surface area contributed by atoms with Gasteiger partial charge in [-0.3, -0.25) is 10.1 Å². The second-order valence-electron chi connectivity index (χ2n) is 6.92. The van der Waals surface area contributed by atoms with Gasteiger partial charge in [-0.25, -0.2) is 9.48 Å². The number of nitrogens with one attached hydrogen (secondary N) is 2. The van der Waals surface area contributed by atoms with Crippen LogP contribution in [-0.4, -0.2) is 34.0 Å². The number of hydrogen-bond acceptors (Lipinski definition) is 4. The maximum Gasteiger partial charge on any atom is 0.459 e. The van der Waals surface area contributed by atoms with Crippen LogP contribution in [0.2, 0.25) is 5.02 Å². The van der Waals surface area contributed by atoms with E-state index in [4.69, 9.17) is 16.3 Å². The van der Waals surface area contributed by atoms with Gasteiger partial charge in [0.1, 0.15) is 0 Å². The summed E-state index contributed by atoms with van der Waals surface area (Å²) < 4.78 is 71.3. The molecule has 13 heteroatoms. The van der Waals surface area contributed by atoms with Crippen LogP contribution in [-0.2, 0) is 13.0 Å². The van der Waals surface area contributed by atoms with E-state index in [1.54, 1.807) is 0 Å². The Kier molecular flexibility index (Phi) is 6.18. The number of carbonyl (C=O) groups excluding carboxylic acids is 2. The van der Waals surface area contributed by atoms with Crippen molar-refractivity contribution in [3.05, 3.63) is 46.6 Å². The zero-order valence-corrected chi connectivity index (χ0v) is 17.2. The van der Waals surface area contributed by atoms with Gasteiger partial charge < -0.3 is 10.1 Å². The number of amides is 2. The summed E-state index contributed by atoms with van der Waals surface area (Å²) in [5, 5.41) is 8.27. The number of hydrogen-bond donors (Lipinski definition) is 2. The van der Waals surface area contributed by atoms with Crippen LogP contribution in [0.5, 0.6) is 5.88 Å². The number of alkyl halides is 5. The van der Waals surface area contributed by atoms with Gasteiger partial charge in [-0.1, -0.05) is 24.3 Å². The van der Waals surface area contributed by atoms with E-state index in [-0.39, 0.29) is 22.3 Å². The minimum Gasteiger partial charge on any atom is -0.391 e. The van der Waals surface area contributed by atoms with Crippen LogP contribution >= 0.6 is 11.6 Å². The molecular weight excluding hydrogens is 463 g/mol. The molecule has 1 aromatic carbocycles. The van der Waals surface area contributed by atoms with Gasteiger partial charge in [-0.2, -0.15) is 27.1 Å². The topological polar surface area (TPSA) is 85.2 Å². The lowest BCUT2D eigenvalue weighted by molar-refractivity contribution is -0.291. The molecule has 1 heterocycles. The minimum absolute atomic E-state index is 0.0614. The van der Waals surface area contributed by atoms with E-state index in [1.165, 1.54) is 18.2 Å². The molecule has 2 aromatic rings. The van der Waals surface area contributed by atoms with Gasteiger partial charge in [0, 0.05) is 18.8 Å². The van der Waals surface area contributed by atoms with E-state index in [0.29, 0.717) is 10.8 Å². The molecule has 3 rings (SSSR count). The minimum atomic E-state index is -5.92. The Hall–Kier alpha value is -3.15. The predicted molar refractivity (Wildman–Crippen MR) is 105 cm³/mol. The summed E-state index contributed by atoms with van der Waals surface area (Å²) in [5.41, 5.74) is -2.30. The van der Waals surface area contributed by atoms with Crippen LogP contribution < -0.4 is 15.4 Å². The normalized spacial score (nSPS) is 14.1. The largest absolute Gasteiger partial charge is 0.459 e. The van der Waals surface area contributed by atoms with E-state index >= 15 is 0 Å². The van der Waals surface area contributed by atoms with Crippen molar-refractivity contribution >= 4 is 35.4 Å². The first kappa shape index (κ1) is 23.5. The SMILES string of the molecule is C=Cc1c(C(F)(F)C(F)(F)F)nn(C)c1OC(=O)Nc1ccc(Cl)c(C(=O)NC2CC2)c1. The van der Waals surface area contributed by atoms with E-state index in [0.717, 1.165) is 19.9 Å². The van der Waals surface area contributed by atoms with Crippen molar-refractivity contribution in [3.8, 4) is 5.88 Å². The second-order valence-corrected chi connectivity index (χ2v) is 7.33. The monoisotopic (exact) mass is 478 g/mol. The van der Waals surface area contributed by atoms with Crippen LogP contribution in [0.4, 0.5) is 32.4 Å². The number of ether oxygens (including phenoxy) is 1. The number of aryl methyl sites for hydroxylation is 1. The lowest BCUT2D eigenvalue weighted by atomic mass is 10.1. The van der Waals surface area contributed by atoms with Crippen molar-refractivity contribution < 1.29 is 36.3 Å². The third-order valence-corrected chi connectivity index (χ3v) is 4.78. The van der Waals surface area contributed by atoms with Gasteiger partial charge in [0.25, 0.3) is 5.91 Å². The molecular formula is C19H16ClF5N4O3. The molecule has 1 saturated carbocycles. The molecule has 2 N–H and O–H groups in total. The van der Waals surface area contributed by atoms with Crippen LogP contribution in [0.1, 0.15) is 34.5 Å². The van der Waals surface area contributed by atoms with Crippen LogP contribution in [0.3, 0.4) is 0 Å². The number of benzene rings is 1. The molecule has 1 aliphatic rings. The smallest absolute Gasteiger partial charge is 0.391 e. The highest BCUT2D eigenvalue weighted by molar-refractivity contribution is 6.34. The molecule has 0 bridgehead atoms. The molecule has 2 amide bonds. The van der Waals surface area contributed by atoms with Crippen molar-refractivity contribution in [1.82, 2.24) is 15.1 Å². The number of rotatable bonds is 6.